The first-order chi connectivity index (χ1) is 13.6. The van der Waals surface area contributed by atoms with Crippen molar-refractivity contribution in [2.45, 2.75) is 37.6 Å². The van der Waals surface area contributed by atoms with Crippen LogP contribution >= 0.6 is 0 Å². The molecular weight excluding hydrogens is 356 g/mol. The normalized spacial score (nSPS) is 19.2. The van der Waals surface area contributed by atoms with E-state index in [-0.39, 0.29) is 24.5 Å². The number of carbonyl (C=O) groups excluding carboxylic acids is 2. The maximum atomic E-state index is 13.0. The number of amides is 3. The van der Waals surface area contributed by atoms with Gasteiger partial charge in [0.15, 0.2) is 0 Å². The van der Waals surface area contributed by atoms with Crippen molar-refractivity contribution in [3.05, 3.63) is 60.2 Å². The van der Waals surface area contributed by atoms with E-state index in [1.165, 1.54) is 4.90 Å². The minimum Gasteiger partial charge on any atom is -0.426 e. The summed E-state index contributed by atoms with van der Waals surface area (Å²) in [6.45, 7) is 0.213. The highest BCUT2D eigenvalue weighted by atomic mass is 16.3. The highest BCUT2D eigenvalue weighted by molar-refractivity contribution is 5.99. The summed E-state index contributed by atoms with van der Waals surface area (Å²) in [4.78, 5) is 27.3. The van der Waals surface area contributed by atoms with Gasteiger partial charge in [0.2, 0.25) is 12.1 Å². The van der Waals surface area contributed by atoms with E-state index in [1.54, 1.807) is 0 Å². The van der Waals surface area contributed by atoms with Gasteiger partial charge in [-0.25, -0.2) is 4.79 Å². The highest BCUT2D eigenvalue weighted by Crippen LogP contribution is 2.30. The van der Waals surface area contributed by atoms with E-state index in [0.717, 1.165) is 24.1 Å². The van der Waals surface area contributed by atoms with Crippen molar-refractivity contribution >= 4 is 23.3 Å². The average molecular weight is 381 g/mol. The zero-order valence-electron chi connectivity index (χ0n) is 15.5. The summed E-state index contributed by atoms with van der Waals surface area (Å²) >= 11 is 0. The zero-order chi connectivity index (χ0) is 19.5. The molecule has 1 aliphatic carbocycles. The predicted molar refractivity (Wildman–Crippen MR) is 108 cm³/mol. The average Bonchev–Trinajstić information content (AvgIpc) is 3.51. The van der Waals surface area contributed by atoms with Crippen LogP contribution in [0.4, 0.5) is 16.2 Å². The van der Waals surface area contributed by atoms with E-state index in [0.29, 0.717) is 12.1 Å². The summed E-state index contributed by atoms with van der Waals surface area (Å²) in [7, 11) is 0. The molecule has 1 fully saturated rings. The number of hydrogen-bond acceptors (Lipinski definition) is 3. The quantitative estimate of drug-likeness (QED) is 0.686. The minimum atomic E-state index is -0.665. The highest BCUT2D eigenvalue weighted by Gasteiger charge is 2.33. The van der Waals surface area contributed by atoms with Crippen LogP contribution in [0.5, 0.6) is 0 Å². The summed E-state index contributed by atoms with van der Waals surface area (Å²) in [5.41, 5.74) is 2.44. The van der Waals surface area contributed by atoms with Gasteiger partial charge in [-0.15, -0.1) is 0 Å². The van der Waals surface area contributed by atoms with E-state index in [2.05, 4.69) is 16.0 Å². The summed E-state index contributed by atoms with van der Waals surface area (Å²) in [5, 5.41) is 17.0. The fourth-order valence-corrected chi connectivity index (χ4v) is 3.35. The summed E-state index contributed by atoms with van der Waals surface area (Å²) in [6, 6.07) is 16.3. The maximum Gasteiger partial charge on any atom is 0.322 e. The fourth-order valence-electron chi connectivity index (χ4n) is 3.35. The van der Waals surface area contributed by atoms with E-state index >= 15 is 0 Å². The van der Waals surface area contributed by atoms with Gasteiger partial charge in [0, 0.05) is 12.5 Å². The number of carbonyl (C=O) groups is 2. The fraction of sp³-hybridized carbons (Fsp3) is 0.333. The molecule has 7 nitrogen and oxygen atoms in total. The second kappa shape index (κ2) is 7.90. The first kappa shape index (κ1) is 18.3. The summed E-state index contributed by atoms with van der Waals surface area (Å²) in [5.74, 6) is -0.162. The van der Waals surface area contributed by atoms with Crippen LogP contribution in [0.2, 0.25) is 0 Å². The van der Waals surface area contributed by atoms with Crippen LogP contribution in [0, 0.1) is 0 Å². The van der Waals surface area contributed by atoms with Gasteiger partial charge in [-0.3, -0.25) is 9.69 Å². The molecule has 4 rings (SSSR count). The van der Waals surface area contributed by atoms with Gasteiger partial charge in [0.05, 0.1) is 11.4 Å². The van der Waals surface area contributed by atoms with Crippen LogP contribution in [0.3, 0.4) is 0 Å². The monoisotopic (exact) mass is 381 g/mol. The molecule has 1 saturated carbocycles. The van der Waals surface area contributed by atoms with Crippen molar-refractivity contribution in [3.63, 3.8) is 0 Å². The first-order valence-electron chi connectivity index (χ1n) is 9.59. The van der Waals surface area contributed by atoms with Gasteiger partial charge in [-0.1, -0.05) is 42.5 Å². The van der Waals surface area contributed by atoms with Gasteiger partial charge < -0.3 is 21.1 Å². The van der Waals surface area contributed by atoms with Crippen LogP contribution in [0.15, 0.2) is 54.6 Å². The lowest BCUT2D eigenvalue weighted by Crippen LogP contribution is -2.55. The second-order valence-corrected chi connectivity index (χ2v) is 7.30. The Hall–Kier alpha value is -3.06. The first-order valence-corrected chi connectivity index (χ1v) is 9.59. The Bertz CT molecular complexity index is 854. The number of para-hydroxylation sites is 2. The molecule has 0 spiro atoms. The Kier molecular flexibility index (Phi) is 5.16. The van der Waals surface area contributed by atoms with Gasteiger partial charge in [0.1, 0.15) is 12.6 Å². The predicted octanol–water partition coefficient (Wildman–Crippen LogP) is 1.57. The molecule has 3 amide bonds. The molecule has 0 saturated heterocycles. The van der Waals surface area contributed by atoms with Crippen molar-refractivity contribution in [3.8, 4) is 0 Å². The Labute approximate surface area is 163 Å². The number of rotatable bonds is 5. The number of nitrogens with one attached hydrogen (secondary N) is 3. The number of benzene rings is 2. The molecule has 146 valence electrons. The lowest BCUT2D eigenvalue weighted by molar-refractivity contribution is -0.123. The zero-order valence-corrected chi connectivity index (χ0v) is 15.5. The van der Waals surface area contributed by atoms with Crippen molar-refractivity contribution in [2.24, 2.45) is 0 Å². The molecule has 0 radical (unpaired) electrons. The van der Waals surface area contributed by atoms with E-state index in [4.69, 9.17) is 5.11 Å². The van der Waals surface area contributed by atoms with Gasteiger partial charge in [0.25, 0.3) is 0 Å². The third-order valence-corrected chi connectivity index (χ3v) is 4.96. The molecule has 2 unspecified atom stereocenters. The third kappa shape index (κ3) is 4.26. The maximum absolute atomic E-state index is 13.0. The molecular formula is C21H25N4O3+. The molecule has 2 aromatic carbocycles. The van der Waals surface area contributed by atoms with Crippen LogP contribution in [0.1, 0.15) is 18.4 Å². The number of nitrogens with zero attached hydrogens (tertiary/aromatic N) is 1. The topological polar surface area (TPSA) is 96.4 Å². The number of anilines is 2. The van der Waals surface area contributed by atoms with Gasteiger partial charge in [-0.2, -0.15) is 0 Å². The van der Waals surface area contributed by atoms with Crippen molar-refractivity contribution in [1.82, 2.24) is 10.6 Å². The molecule has 1 heterocycles. The van der Waals surface area contributed by atoms with Crippen LogP contribution < -0.4 is 20.9 Å². The molecule has 7 heteroatoms. The molecule has 0 bridgehead atoms. The number of hydrogen-bond donors (Lipinski definition) is 3. The molecule has 1 aliphatic heterocycles. The van der Waals surface area contributed by atoms with Gasteiger partial charge in [-0.05, 0) is 30.5 Å². The number of urea groups is 1. The summed E-state index contributed by atoms with van der Waals surface area (Å²) in [6.07, 6.45) is 1.78. The number of fused-ring (bicyclic) bond motifs is 1. The van der Waals surface area contributed by atoms with Crippen LogP contribution in [-0.2, 0) is 11.2 Å². The van der Waals surface area contributed by atoms with Crippen molar-refractivity contribution in [2.75, 3.05) is 16.8 Å². The molecule has 2 atom stereocenters. The molecule has 2 aromatic rings. The third-order valence-electron chi connectivity index (χ3n) is 4.96. The van der Waals surface area contributed by atoms with Gasteiger partial charge >= 0.3 is 6.03 Å². The Balaban J connectivity index is 1.52. The van der Waals surface area contributed by atoms with Crippen LogP contribution in [-0.4, -0.2) is 41.9 Å². The Morgan fingerprint density at radius 3 is 2.57 bits per heavy atom. The lowest BCUT2D eigenvalue weighted by atomic mass is 10.1. The molecule has 5 N–H and O–H groups in total. The minimum absolute atomic E-state index is 0.162. The largest absolute Gasteiger partial charge is 0.426 e. The smallest absolute Gasteiger partial charge is 0.322 e. The molecule has 28 heavy (non-hydrogen) atoms. The van der Waals surface area contributed by atoms with E-state index < -0.39 is 12.3 Å². The molecule has 0 aromatic heterocycles. The second-order valence-electron chi connectivity index (χ2n) is 7.30. The molecule has 2 aliphatic rings. The standard InChI is InChI=1S/C21H24N4O3/c26-19-13-25(18-9-5-4-8-16(18)23-19)21(28)24-17(20(27)22-15-10-11-15)12-14-6-2-1-3-7-14/h1-9,15,17,19,23,26H,10-13H2,(H,22,27)(H,24,28)/p+1. The van der Waals surface area contributed by atoms with Crippen molar-refractivity contribution in [1.29, 1.82) is 0 Å². The van der Waals surface area contributed by atoms with E-state index in [1.807, 2.05) is 54.6 Å². The Morgan fingerprint density at radius 2 is 1.82 bits per heavy atom. The lowest BCUT2D eigenvalue weighted by Gasteiger charge is -2.32. The Morgan fingerprint density at radius 1 is 1.11 bits per heavy atom. The summed E-state index contributed by atoms with van der Waals surface area (Å²) < 4.78 is 0. The van der Waals surface area contributed by atoms with E-state index in [9.17, 15) is 9.59 Å². The van der Waals surface area contributed by atoms with Crippen LogP contribution in [0.25, 0.3) is 0 Å². The SMILES string of the molecule is O=C(NC1CC1)C(Cc1ccccc1)NC(=O)N1CC([OH2+])Nc2ccccc21. The van der Waals surface area contributed by atoms with Crippen molar-refractivity contribution < 1.29 is 14.7 Å².